The van der Waals surface area contributed by atoms with Crippen LogP contribution in [0.25, 0.3) is 5.69 Å². The van der Waals surface area contributed by atoms with Crippen molar-refractivity contribution in [1.29, 1.82) is 0 Å². The molecule has 3 rings (SSSR count). The molecule has 0 unspecified atom stereocenters. The van der Waals surface area contributed by atoms with E-state index in [9.17, 15) is 9.59 Å². The summed E-state index contributed by atoms with van der Waals surface area (Å²) in [5.74, 6) is -0.963. The topological polar surface area (TPSA) is 63.1 Å². The van der Waals surface area contributed by atoms with E-state index in [1.54, 1.807) is 17.5 Å². The van der Waals surface area contributed by atoms with Crippen molar-refractivity contribution in [2.24, 2.45) is 0 Å². The molecule has 8 heteroatoms. The van der Waals surface area contributed by atoms with E-state index in [0.29, 0.717) is 4.88 Å². The lowest BCUT2D eigenvalue weighted by molar-refractivity contribution is 0.0849. The van der Waals surface area contributed by atoms with Gasteiger partial charge in [0, 0.05) is 12.4 Å². The van der Waals surface area contributed by atoms with Crippen molar-refractivity contribution >= 4 is 46.4 Å². The summed E-state index contributed by atoms with van der Waals surface area (Å²) >= 11 is 13.1. The Balaban J connectivity index is 1.72. The van der Waals surface area contributed by atoms with Gasteiger partial charge >= 0.3 is 0 Å². The Morgan fingerprint density at radius 1 is 0.958 bits per heavy atom. The SMILES string of the molecule is O=C(NNC(=O)c1sccc1-n1cccc1)c1cccc(Cl)c1Cl. The van der Waals surface area contributed by atoms with E-state index in [4.69, 9.17) is 23.2 Å². The maximum Gasteiger partial charge on any atom is 0.281 e. The first-order chi connectivity index (χ1) is 11.6. The number of hydrogen-bond donors (Lipinski definition) is 2. The molecule has 0 aliphatic rings. The maximum atomic E-state index is 12.3. The lowest BCUT2D eigenvalue weighted by Crippen LogP contribution is -2.41. The Hall–Kier alpha value is -2.28. The molecule has 0 aliphatic carbocycles. The molecule has 0 saturated carbocycles. The number of rotatable bonds is 3. The van der Waals surface area contributed by atoms with Gasteiger partial charge in [-0.05, 0) is 35.7 Å². The monoisotopic (exact) mass is 379 g/mol. The Bertz CT molecular complexity index is 891. The highest BCUT2D eigenvalue weighted by molar-refractivity contribution is 7.12. The minimum atomic E-state index is -0.546. The summed E-state index contributed by atoms with van der Waals surface area (Å²) < 4.78 is 1.82. The fourth-order valence-corrected chi connectivity index (χ4v) is 3.26. The summed E-state index contributed by atoms with van der Waals surface area (Å²) in [6, 6.07) is 10.3. The van der Waals surface area contributed by atoms with Crippen molar-refractivity contribution in [1.82, 2.24) is 15.4 Å². The molecule has 3 aromatic rings. The average Bonchev–Trinajstić information content (AvgIpc) is 3.25. The quantitative estimate of drug-likeness (QED) is 0.677. The maximum absolute atomic E-state index is 12.3. The molecule has 2 N–H and O–H groups in total. The van der Waals surface area contributed by atoms with E-state index in [2.05, 4.69) is 10.9 Å². The number of nitrogens with zero attached hydrogens (tertiary/aromatic N) is 1. The average molecular weight is 380 g/mol. The molecule has 2 amide bonds. The van der Waals surface area contributed by atoms with Gasteiger partial charge in [0.15, 0.2) is 0 Å². The van der Waals surface area contributed by atoms with Crippen LogP contribution in [0.1, 0.15) is 20.0 Å². The molecule has 5 nitrogen and oxygen atoms in total. The standard InChI is InChI=1S/C16H11Cl2N3O2S/c17-11-5-3-4-10(13(11)18)15(22)19-20-16(23)14-12(6-9-24-14)21-7-1-2-8-21/h1-9H,(H,19,22)(H,20,23). The molecule has 2 heterocycles. The highest BCUT2D eigenvalue weighted by atomic mass is 35.5. The fourth-order valence-electron chi connectivity index (χ4n) is 2.09. The van der Waals surface area contributed by atoms with Crippen LogP contribution >= 0.6 is 34.5 Å². The third-order valence-electron chi connectivity index (χ3n) is 3.22. The van der Waals surface area contributed by atoms with Crippen LogP contribution < -0.4 is 10.9 Å². The third-order valence-corrected chi connectivity index (χ3v) is 4.94. The predicted molar refractivity (Wildman–Crippen MR) is 95.0 cm³/mol. The van der Waals surface area contributed by atoms with E-state index in [-0.39, 0.29) is 15.6 Å². The highest BCUT2D eigenvalue weighted by Gasteiger charge is 2.17. The lowest BCUT2D eigenvalue weighted by Gasteiger charge is -2.09. The van der Waals surface area contributed by atoms with Crippen molar-refractivity contribution < 1.29 is 9.59 Å². The summed E-state index contributed by atoms with van der Waals surface area (Å²) in [6.07, 6.45) is 3.67. The molecular formula is C16H11Cl2N3O2S. The normalized spacial score (nSPS) is 10.4. The molecule has 0 saturated heterocycles. The highest BCUT2D eigenvalue weighted by Crippen LogP contribution is 2.25. The van der Waals surface area contributed by atoms with Gasteiger partial charge in [0.2, 0.25) is 0 Å². The second kappa shape index (κ2) is 7.09. The summed E-state index contributed by atoms with van der Waals surface area (Å²) in [5, 5.41) is 2.21. The van der Waals surface area contributed by atoms with Crippen LogP contribution in [-0.2, 0) is 0 Å². The molecule has 122 valence electrons. The molecular weight excluding hydrogens is 369 g/mol. The number of amides is 2. The van der Waals surface area contributed by atoms with E-state index in [1.807, 2.05) is 35.2 Å². The molecule has 0 spiro atoms. The van der Waals surface area contributed by atoms with Gasteiger partial charge in [-0.1, -0.05) is 29.3 Å². The Labute approximate surface area is 151 Å². The molecule has 0 atom stereocenters. The van der Waals surface area contributed by atoms with Gasteiger partial charge in [-0.3, -0.25) is 20.4 Å². The zero-order chi connectivity index (χ0) is 17.1. The van der Waals surface area contributed by atoms with Crippen LogP contribution in [0.15, 0.2) is 54.2 Å². The van der Waals surface area contributed by atoms with Gasteiger partial charge < -0.3 is 4.57 Å². The molecule has 0 fully saturated rings. The van der Waals surface area contributed by atoms with Crippen LogP contribution in [0.3, 0.4) is 0 Å². The number of nitrogens with one attached hydrogen (secondary N) is 2. The van der Waals surface area contributed by atoms with Crippen LogP contribution in [0, 0.1) is 0 Å². The first kappa shape index (κ1) is 16.6. The summed E-state index contributed by atoms with van der Waals surface area (Å²) in [7, 11) is 0. The zero-order valence-corrected chi connectivity index (χ0v) is 14.5. The molecule has 24 heavy (non-hydrogen) atoms. The van der Waals surface area contributed by atoms with Crippen molar-refractivity contribution in [3.8, 4) is 5.69 Å². The molecule has 2 aromatic heterocycles. The van der Waals surface area contributed by atoms with E-state index < -0.39 is 11.8 Å². The Morgan fingerprint density at radius 2 is 1.67 bits per heavy atom. The number of hydrazine groups is 1. The third kappa shape index (κ3) is 3.31. The number of carbonyl (C=O) groups excluding carboxylic acids is 2. The van der Waals surface area contributed by atoms with Crippen molar-refractivity contribution in [2.75, 3.05) is 0 Å². The summed E-state index contributed by atoms with van der Waals surface area (Å²) in [4.78, 5) is 24.9. The second-order valence-electron chi connectivity index (χ2n) is 4.73. The first-order valence-electron chi connectivity index (χ1n) is 6.83. The Kier molecular flexibility index (Phi) is 4.89. The predicted octanol–water partition coefficient (Wildman–Crippen LogP) is 3.92. The molecule has 0 bridgehead atoms. The van der Waals surface area contributed by atoms with Gasteiger partial charge in [-0.2, -0.15) is 0 Å². The van der Waals surface area contributed by atoms with Crippen LogP contribution in [0.5, 0.6) is 0 Å². The van der Waals surface area contributed by atoms with Gasteiger partial charge in [0.1, 0.15) is 4.88 Å². The molecule has 0 radical (unpaired) electrons. The smallest absolute Gasteiger partial charge is 0.281 e. The van der Waals surface area contributed by atoms with E-state index in [1.165, 1.54) is 17.4 Å². The number of benzene rings is 1. The number of halogens is 2. The van der Waals surface area contributed by atoms with Crippen LogP contribution in [0.2, 0.25) is 10.0 Å². The number of hydrogen-bond acceptors (Lipinski definition) is 3. The molecule has 1 aromatic carbocycles. The van der Waals surface area contributed by atoms with Crippen molar-refractivity contribution in [2.45, 2.75) is 0 Å². The van der Waals surface area contributed by atoms with E-state index >= 15 is 0 Å². The Morgan fingerprint density at radius 3 is 2.42 bits per heavy atom. The minimum absolute atomic E-state index is 0.134. The number of thiophene rings is 1. The van der Waals surface area contributed by atoms with Crippen LogP contribution in [0.4, 0.5) is 0 Å². The lowest BCUT2D eigenvalue weighted by atomic mass is 10.2. The first-order valence-corrected chi connectivity index (χ1v) is 8.47. The zero-order valence-electron chi connectivity index (χ0n) is 12.1. The van der Waals surface area contributed by atoms with Crippen LogP contribution in [-0.4, -0.2) is 16.4 Å². The minimum Gasteiger partial charge on any atom is -0.322 e. The van der Waals surface area contributed by atoms with Gasteiger partial charge in [0.25, 0.3) is 11.8 Å². The largest absolute Gasteiger partial charge is 0.322 e. The van der Waals surface area contributed by atoms with E-state index in [0.717, 1.165) is 5.69 Å². The van der Waals surface area contributed by atoms with Gasteiger partial charge in [-0.15, -0.1) is 11.3 Å². The second-order valence-corrected chi connectivity index (χ2v) is 6.44. The summed E-state index contributed by atoms with van der Waals surface area (Å²) in [5.41, 5.74) is 5.65. The van der Waals surface area contributed by atoms with Crippen molar-refractivity contribution in [3.05, 3.63) is 74.7 Å². The summed E-state index contributed by atoms with van der Waals surface area (Å²) in [6.45, 7) is 0. The number of carbonyl (C=O) groups is 2. The van der Waals surface area contributed by atoms with Crippen molar-refractivity contribution in [3.63, 3.8) is 0 Å². The van der Waals surface area contributed by atoms with Gasteiger partial charge in [0.05, 0.1) is 21.3 Å². The van der Waals surface area contributed by atoms with Gasteiger partial charge in [-0.25, -0.2) is 0 Å². The number of aromatic nitrogens is 1. The molecule has 0 aliphatic heterocycles. The fraction of sp³-hybridized carbons (Fsp3) is 0.